The molecule has 6 aromatic rings. The maximum Gasteiger partial charge on any atom is 0.365 e. The molecule has 1 amide bonds. The number of para-hydroxylation sites is 2. The molecule has 1 heterocycles. The van der Waals surface area contributed by atoms with Crippen LogP contribution in [0.25, 0.3) is 33.1 Å². The lowest BCUT2D eigenvalue weighted by Crippen LogP contribution is -2.37. The third-order valence-electron chi connectivity index (χ3n) is 11.7. The number of hydrogen-bond acceptors (Lipinski definition) is 27. The number of carbonyl (C=O) groups excluding carboxylic acids is 12. The first-order chi connectivity index (χ1) is 42.8. The summed E-state index contributed by atoms with van der Waals surface area (Å²) in [6, 6.07) is 16.4. The van der Waals surface area contributed by atoms with Crippen molar-refractivity contribution in [2.75, 3.05) is 81.7 Å². The molecular weight excluding hydrogens is 1200 g/mol. The first kappa shape index (κ1) is 67.6. The van der Waals surface area contributed by atoms with E-state index in [9.17, 15) is 62.6 Å². The molecule has 0 saturated heterocycles. The van der Waals surface area contributed by atoms with Crippen molar-refractivity contribution in [2.45, 2.75) is 41.5 Å². The van der Waals surface area contributed by atoms with Gasteiger partial charge >= 0.3 is 70.9 Å². The smallest absolute Gasteiger partial charge is 0.365 e. The minimum Gasteiger partial charge on any atom is -0.545 e. The molecule has 0 aliphatic rings. The summed E-state index contributed by atoms with van der Waals surface area (Å²) in [5.74, 6) is -15.6. The summed E-state index contributed by atoms with van der Waals surface area (Å²) in [6.45, 7) is -0.679. The molecule has 1 N–H and O–H groups in total. The van der Waals surface area contributed by atoms with Crippen LogP contribution in [0, 0.1) is 11.6 Å². The Hall–Kier alpha value is -11.5. The maximum absolute atomic E-state index is 15.6. The Morgan fingerprint density at radius 1 is 0.467 bits per heavy atom. The van der Waals surface area contributed by atoms with Gasteiger partial charge in [0.2, 0.25) is 27.2 Å². The van der Waals surface area contributed by atoms with E-state index in [0.717, 1.165) is 93.8 Å². The molecule has 5 aromatic carbocycles. The van der Waals surface area contributed by atoms with Gasteiger partial charge < -0.3 is 81.9 Å². The van der Waals surface area contributed by atoms with Crippen LogP contribution in [-0.2, 0) is 85.8 Å². The second-order valence-corrected chi connectivity index (χ2v) is 18.4. The Labute approximate surface area is 506 Å². The molecule has 0 unspecified atom stereocenters. The van der Waals surface area contributed by atoms with Crippen molar-refractivity contribution in [3.05, 3.63) is 108 Å². The molecule has 0 saturated carbocycles. The van der Waals surface area contributed by atoms with E-state index in [0.29, 0.717) is 0 Å². The van der Waals surface area contributed by atoms with Gasteiger partial charge in [0.05, 0.1) is 40.2 Å². The zero-order valence-electron chi connectivity index (χ0n) is 48.4. The van der Waals surface area contributed by atoms with Crippen LogP contribution in [0.2, 0.25) is 0 Å². The van der Waals surface area contributed by atoms with Crippen LogP contribution in [0.15, 0.2) is 89.3 Å². The third kappa shape index (κ3) is 19.8. The number of nitrogens with zero attached hydrogens (tertiary/aromatic N) is 2. The maximum atomic E-state index is 15.6. The van der Waals surface area contributed by atoms with E-state index in [1.54, 1.807) is 0 Å². The zero-order valence-corrected chi connectivity index (χ0v) is 48.4. The lowest BCUT2D eigenvalue weighted by atomic mass is 9.92. The fourth-order valence-corrected chi connectivity index (χ4v) is 8.01. The number of nitrogens with one attached hydrogen (secondary N) is 1. The number of ether oxygens (including phenoxy) is 12. The van der Waals surface area contributed by atoms with Gasteiger partial charge in [-0.15, -0.1) is 0 Å². The van der Waals surface area contributed by atoms with Gasteiger partial charge in [-0.05, 0) is 54.1 Å². The van der Waals surface area contributed by atoms with E-state index in [4.69, 9.17) is 51.8 Å². The Kier molecular flexibility index (Phi) is 23.8. The van der Waals surface area contributed by atoms with E-state index in [1.807, 2.05) is 0 Å². The van der Waals surface area contributed by atoms with Gasteiger partial charge in [0.15, 0.2) is 23.1 Å². The molecule has 6 rings (SSSR count). The number of aromatic carboxylic acids is 1. The first-order valence-electron chi connectivity index (χ1n) is 26.2. The molecule has 0 fully saturated rings. The van der Waals surface area contributed by atoms with Gasteiger partial charge in [-0.1, -0.05) is 18.2 Å². The average molecular weight is 1260 g/mol. The van der Waals surface area contributed by atoms with Crippen LogP contribution in [0.3, 0.4) is 0 Å². The zero-order chi connectivity index (χ0) is 65.8. The molecule has 1 aromatic heterocycles. The van der Waals surface area contributed by atoms with Gasteiger partial charge in [-0.2, -0.15) is 0 Å². The number of anilines is 3. The van der Waals surface area contributed by atoms with Gasteiger partial charge in [-0.25, -0.2) is 13.2 Å². The molecular formula is C59H53F2N3O26. The van der Waals surface area contributed by atoms with Gasteiger partial charge in [0.1, 0.15) is 50.9 Å². The monoisotopic (exact) mass is 1260 g/mol. The highest BCUT2D eigenvalue weighted by Gasteiger charge is 2.29. The van der Waals surface area contributed by atoms with Crippen LogP contribution in [-0.4, -0.2) is 138 Å². The Morgan fingerprint density at radius 2 is 0.889 bits per heavy atom. The number of hydrogen-bond donors (Lipinski definition) is 1. The standard InChI is InChI=1S/C59H53F2N3O26/c1-31(65)80-27-84-53(71)23-63(24-54(72)85-28-81-32(2)66)45-9-7-8-10-47(45)78-15-16-79-52-18-38(12-14-46(52)64(25-55(73)86-29-82-33(3)67)26-56(74)87-30-83-34(4)68)62-58(75)37-11-13-39(40(17-37)59(76)77)57-41-19-43(60)50(88-35(5)69)21-48(41)90-49-22-51(89-36(6)70)44(61)20-42(49)57/h7-14,17-22H,15-16,23-30H2,1-6H3,(H-,62,75,76,77). The minimum atomic E-state index is -1.89. The molecule has 0 aliphatic heterocycles. The first-order valence-corrected chi connectivity index (χ1v) is 26.2. The third-order valence-corrected chi connectivity index (χ3v) is 11.7. The SMILES string of the molecule is CC(=O)OCOC(=O)CN(CC(=O)OCOC(C)=O)c1ccccc1OCCOc1cc(NC(=O)c2ccc(-c3c4cc(F)c(OC(C)=O)cc4[o+]c4cc(OC(C)=O)c(F)cc34)c(C(=O)[O-])c2)ccc1N(CC(=O)OCOC(C)=O)CC(=O)OCOC(C)=O. The van der Waals surface area contributed by atoms with Crippen molar-refractivity contribution >= 4 is 111 Å². The van der Waals surface area contributed by atoms with Crippen molar-refractivity contribution in [1.29, 1.82) is 0 Å². The summed E-state index contributed by atoms with van der Waals surface area (Å²) in [4.78, 5) is 151. The molecule has 29 nitrogen and oxygen atoms in total. The van der Waals surface area contributed by atoms with Crippen molar-refractivity contribution < 1.29 is 133 Å². The Morgan fingerprint density at radius 3 is 1.31 bits per heavy atom. The quantitative estimate of drug-likeness (QED) is 0.0127. The van der Waals surface area contributed by atoms with Crippen LogP contribution in [0.4, 0.5) is 25.8 Å². The Balaban J connectivity index is 1.38. The van der Waals surface area contributed by atoms with Crippen molar-refractivity contribution in [2.24, 2.45) is 0 Å². The minimum absolute atomic E-state index is 0.0160. The number of carboxylic acids is 1. The number of carbonyl (C=O) groups is 12. The van der Waals surface area contributed by atoms with Crippen LogP contribution in [0.1, 0.15) is 62.3 Å². The highest BCUT2D eigenvalue weighted by Crippen LogP contribution is 2.42. The van der Waals surface area contributed by atoms with Gasteiger partial charge in [-0.3, -0.25) is 52.7 Å². The molecule has 0 bridgehead atoms. The molecule has 0 atom stereocenters. The topological polar surface area (TPSA) is 368 Å². The largest absolute Gasteiger partial charge is 0.545 e. The summed E-state index contributed by atoms with van der Waals surface area (Å²) in [7, 11) is 0. The lowest BCUT2D eigenvalue weighted by molar-refractivity contribution is -0.255. The fourth-order valence-electron chi connectivity index (χ4n) is 8.01. The van der Waals surface area contributed by atoms with Crippen molar-refractivity contribution in [1.82, 2.24) is 0 Å². The van der Waals surface area contributed by atoms with E-state index < -0.39 is 160 Å². The molecule has 90 heavy (non-hydrogen) atoms. The van der Waals surface area contributed by atoms with Crippen molar-refractivity contribution in [3.63, 3.8) is 0 Å². The van der Waals surface area contributed by atoms with Crippen LogP contribution < -0.4 is 39.2 Å². The van der Waals surface area contributed by atoms with Gasteiger partial charge in [0, 0.05) is 70.0 Å². The second kappa shape index (κ2) is 31.7. The fraction of sp³-hybridized carbons (Fsp3) is 0.271. The van der Waals surface area contributed by atoms with Crippen LogP contribution in [0.5, 0.6) is 23.0 Å². The predicted octanol–water partition coefficient (Wildman–Crippen LogP) is 4.60. The summed E-state index contributed by atoms with van der Waals surface area (Å²) < 4.78 is 98.1. The second-order valence-electron chi connectivity index (χ2n) is 18.4. The number of fused-ring (bicyclic) bond motifs is 2. The number of esters is 10. The number of rotatable bonds is 29. The number of halogens is 2. The highest BCUT2D eigenvalue weighted by atomic mass is 19.1. The van der Waals surface area contributed by atoms with Crippen LogP contribution >= 0.6 is 0 Å². The Bertz CT molecular complexity index is 3650. The molecule has 0 spiro atoms. The van der Waals surface area contributed by atoms with E-state index in [1.165, 1.54) is 42.5 Å². The van der Waals surface area contributed by atoms with Gasteiger partial charge in [0.25, 0.3) is 5.91 Å². The summed E-state index contributed by atoms with van der Waals surface area (Å²) in [6.07, 6.45) is 0. The normalized spacial score (nSPS) is 10.6. The molecule has 474 valence electrons. The lowest BCUT2D eigenvalue weighted by Gasteiger charge is -2.26. The molecule has 0 radical (unpaired) electrons. The number of carboxylic acid groups (broad SMARTS) is 1. The highest BCUT2D eigenvalue weighted by molar-refractivity contribution is 6.14. The molecule has 0 aliphatic carbocycles. The summed E-state index contributed by atoms with van der Waals surface area (Å²) >= 11 is 0. The van der Waals surface area contributed by atoms with E-state index in [2.05, 4.69) is 14.8 Å². The average Bonchev–Trinajstić information content (AvgIpc) is 0.744. The predicted molar refractivity (Wildman–Crippen MR) is 298 cm³/mol. The molecule has 31 heteroatoms. The van der Waals surface area contributed by atoms with Crippen molar-refractivity contribution in [3.8, 4) is 34.1 Å². The summed E-state index contributed by atoms with van der Waals surface area (Å²) in [5, 5.41) is 15.3. The number of amides is 1. The van der Waals surface area contributed by atoms with E-state index >= 15 is 8.78 Å². The number of benzene rings is 5. The van der Waals surface area contributed by atoms with E-state index in [-0.39, 0.29) is 73.8 Å². The summed E-state index contributed by atoms with van der Waals surface area (Å²) in [5.41, 5.74) is -2.09.